The zero-order valence-corrected chi connectivity index (χ0v) is 11.3. The predicted octanol–water partition coefficient (Wildman–Crippen LogP) is 1.07. The van der Waals surface area contributed by atoms with Crippen LogP contribution in [0.5, 0.6) is 0 Å². The first kappa shape index (κ1) is 14.9. The highest BCUT2D eigenvalue weighted by molar-refractivity contribution is 5.94. The van der Waals surface area contributed by atoms with E-state index >= 15 is 0 Å². The van der Waals surface area contributed by atoms with Crippen molar-refractivity contribution in [2.75, 3.05) is 39.3 Å². The highest BCUT2D eigenvalue weighted by atomic mass is 19.1. The van der Waals surface area contributed by atoms with Crippen LogP contribution in [0, 0.1) is 11.6 Å². The summed E-state index contributed by atoms with van der Waals surface area (Å²) in [6, 6.07) is 2.92. The molecule has 0 atom stereocenters. The normalized spacial score (nSPS) is 17.1. The topological polar surface area (TPSA) is 49.6 Å². The van der Waals surface area contributed by atoms with E-state index in [4.69, 9.17) is 5.73 Å². The van der Waals surface area contributed by atoms with Gasteiger partial charge in [-0.2, -0.15) is 0 Å². The first-order valence-electron chi connectivity index (χ1n) is 6.78. The van der Waals surface area contributed by atoms with Crippen molar-refractivity contribution in [2.24, 2.45) is 5.73 Å². The second kappa shape index (κ2) is 6.76. The number of nitrogens with zero attached hydrogens (tertiary/aromatic N) is 2. The second-order valence-electron chi connectivity index (χ2n) is 4.93. The largest absolute Gasteiger partial charge is 0.337 e. The van der Waals surface area contributed by atoms with Crippen LogP contribution in [0.2, 0.25) is 0 Å². The van der Waals surface area contributed by atoms with Crippen LogP contribution in [0.15, 0.2) is 18.2 Å². The fraction of sp³-hybridized carbons (Fsp3) is 0.500. The average molecular weight is 283 g/mol. The monoisotopic (exact) mass is 283 g/mol. The van der Waals surface area contributed by atoms with E-state index in [1.54, 1.807) is 4.90 Å². The Morgan fingerprint density at radius 3 is 2.45 bits per heavy atom. The molecule has 1 aliphatic heterocycles. The number of carbonyl (C=O) groups excluding carboxylic acids is 1. The van der Waals surface area contributed by atoms with Crippen molar-refractivity contribution in [3.05, 3.63) is 35.4 Å². The lowest BCUT2D eigenvalue weighted by molar-refractivity contribution is 0.0760. The Kier molecular flexibility index (Phi) is 5.03. The minimum absolute atomic E-state index is 0.0646. The van der Waals surface area contributed by atoms with Crippen LogP contribution in [0.1, 0.15) is 16.8 Å². The maximum atomic E-state index is 13.2. The third-order valence-corrected chi connectivity index (χ3v) is 3.43. The Hall–Kier alpha value is -1.53. The van der Waals surface area contributed by atoms with Crippen molar-refractivity contribution in [1.29, 1.82) is 0 Å². The number of nitrogens with two attached hydrogens (primary N) is 1. The maximum Gasteiger partial charge on any atom is 0.254 e. The summed E-state index contributed by atoms with van der Waals surface area (Å²) < 4.78 is 26.3. The number of carbonyl (C=O) groups is 1. The van der Waals surface area contributed by atoms with Gasteiger partial charge in [0.2, 0.25) is 0 Å². The van der Waals surface area contributed by atoms with E-state index in [0.717, 1.165) is 44.3 Å². The summed E-state index contributed by atoms with van der Waals surface area (Å²) in [6.07, 6.45) is 0.837. The van der Waals surface area contributed by atoms with Gasteiger partial charge in [-0.05, 0) is 25.1 Å². The van der Waals surface area contributed by atoms with Gasteiger partial charge in [-0.25, -0.2) is 8.78 Å². The molecular formula is C14H19F2N3O. The molecule has 0 aliphatic carbocycles. The summed E-state index contributed by atoms with van der Waals surface area (Å²) in [5, 5.41) is 0. The van der Waals surface area contributed by atoms with Gasteiger partial charge < -0.3 is 15.5 Å². The Morgan fingerprint density at radius 2 is 1.80 bits per heavy atom. The molecule has 1 saturated heterocycles. The number of hydrogen-bond acceptors (Lipinski definition) is 3. The molecule has 4 nitrogen and oxygen atoms in total. The van der Waals surface area contributed by atoms with Gasteiger partial charge >= 0.3 is 0 Å². The van der Waals surface area contributed by atoms with E-state index in [-0.39, 0.29) is 11.5 Å². The summed E-state index contributed by atoms with van der Waals surface area (Å²) in [4.78, 5) is 16.1. The van der Waals surface area contributed by atoms with Gasteiger partial charge in [0, 0.05) is 44.4 Å². The Labute approximate surface area is 117 Å². The SMILES string of the molecule is NCCN1CCCN(C(=O)c2cc(F)cc(F)c2)CC1. The molecule has 1 aromatic rings. The molecule has 0 radical (unpaired) electrons. The zero-order chi connectivity index (χ0) is 14.5. The minimum atomic E-state index is -0.729. The Balaban J connectivity index is 2.05. The summed E-state index contributed by atoms with van der Waals surface area (Å²) >= 11 is 0. The van der Waals surface area contributed by atoms with Crippen LogP contribution in [0.25, 0.3) is 0 Å². The smallest absolute Gasteiger partial charge is 0.254 e. The fourth-order valence-electron chi connectivity index (χ4n) is 2.44. The highest BCUT2D eigenvalue weighted by Crippen LogP contribution is 2.12. The third-order valence-electron chi connectivity index (χ3n) is 3.43. The first-order valence-corrected chi connectivity index (χ1v) is 6.78. The highest BCUT2D eigenvalue weighted by Gasteiger charge is 2.20. The molecule has 6 heteroatoms. The zero-order valence-electron chi connectivity index (χ0n) is 11.3. The van der Waals surface area contributed by atoms with Crippen LogP contribution in [-0.2, 0) is 0 Å². The van der Waals surface area contributed by atoms with E-state index in [0.29, 0.717) is 19.6 Å². The Morgan fingerprint density at radius 1 is 1.10 bits per heavy atom. The number of benzene rings is 1. The maximum absolute atomic E-state index is 13.2. The summed E-state index contributed by atoms with van der Waals surface area (Å²) in [7, 11) is 0. The van der Waals surface area contributed by atoms with E-state index in [9.17, 15) is 13.6 Å². The van der Waals surface area contributed by atoms with Gasteiger partial charge in [-0.1, -0.05) is 0 Å². The molecule has 110 valence electrons. The van der Waals surface area contributed by atoms with Crippen molar-refractivity contribution < 1.29 is 13.6 Å². The lowest BCUT2D eigenvalue weighted by Gasteiger charge is -2.21. The minimum Gasteiger partial charge on any atom is -0.337 e. The number of amides is 1. The molecule has 0 saturated carbocycles. The quantitative estimate of drug-likeness (QED) is 0.903. The van der Waals surface area contributed by atoms with Gasteiger partial charge in [0.15, 0.2) is 0 Å². The predicted molar refractivity (Wildman–Crippen MR) is 72.4 cm³/mol. The van der Waals surface area contributed by atoms with Gasteiger partial charge in [0.1, 0.15) is 11.6 Å². The van der Waals surface area contributed by atoms with Crippen LogP contribution in [-0.4, -0.2) is 55.0 Å². The fourth-order valence-corrected chi connectivity index (χ4v) is 2.44. The number of hydrogen-bond donors (Lipinski definition) is 1. The molecule has 1 aliphatic rings. The van der Waals surface area contributed by atoms with E-state index in [2.05, 4.69) is 4.90 Å². The lowest BCUT2D eigenvalue weighted by atomic mass is 10.2. The number of rotatable bonds is 3. The molecule has 1 aromatic carbocycles. The van der Waals surface area contributed by atoms with E-state index in [1.807, 2.05) is 0 Å². The van der Waals surface area contributed by atoms with Crippen molar-refractivity contribution >= 4 is 5.91 Å². The van der Waals surface area contributed by atoms with Crippen LogP contribution >= 0.6 is 0 Å². The summed E-state index contributed by atoms with van der Waals surface area (Å²) in [6.45, 7) is 4.16. The van der Waals surface area contributed by atoms with Crippen LogP contribution < -0.4 is 5.73 Å². The van der Waals surface area contributed by atoms with E-state index in [1.165, 1.54) is 0 Å². The third kappa shape index (κ3) is 3.74. The molecule has 2 rings (SSSR count). The molecule has 0 spiro atoms. The van der Waals surface area contributed by atoms with Crippen molar-refractivity contribution in [1.82, 2.24) is 9.80 Å². The average Bonchev–Trinajstić information content (AvgIpc) is 2.63. The molecule has 0 unspecified atom stereocenters. The van der Waals surface area contributed by atoms with E-state index < -0.39 is 11.6 Å². The van der Waals surface area contributed by atoms with Crippen LogP contribution in [0.4, 0.5) is 8.78 Å². The molecular weight excluding hydrogens is 264 g/mol. The first-order chi connectivity index (χ1) is 9.60. The number of halogens is 2. The van der Waals surface area contributed by atoms with Gasteiger partial charge in [0.25, 0.3) is 5.91 Å². The van der Waals surface area contributed by atoms with Gasteiger partial charge in [-0.15, -0.1) is 0 Å². The molecule has 1 amide bonds. The molecule has 20 heavy (non-hydrogen) atoms. The standard InChI is InChI=1S/C14H19F2N3O/c15-12-8-11(9-13(16)10-12)14(20)19-4-1-3-18(5-2-17)6-7-19/h8-10H,1-7,17H2. The van der Waals surface area contributed by atoms with Gasteiger partial charge in [-0.3, -0.25) is 4.79 Å². The Bertz CT molecular complexity index is 461. The van der Waals surface area contributed by atoms with Crippen molar-refractivity contribution in [3.8, 4) is 0 Å². The molecule has 0 bridgehead atoms. The summed E-state index contributed by atoms with van der Waals surface area (Å²) in [5.41, 5.74) is 5.59. The summed E-state index contributed by atoms with van der Waals surface area (Å²) in [5.74, 6) is -1.78. The van der Waals surface area contributed by atoms with Crippen molar-refractivity contribution in [2.45, 2.75) is 6.42 Å². The molecule has 2 N–H and O–H groups in total. The molecule has 0 aromatic heterocycles. The van der Waals surface area contributed by atoms with Crippen LogP contribution in [0.3, 0.4) is 0 Å². The van der Waals surface area contributed by atoms with Crippen molar-refractivity contribution in [3.63, 3.8) is 0 Å². The lowest BCUT2D eigenvalue weighted by Crippen LogP contribution is -2.36. The second-order valence-corrected chi connectivity index (χ2v) is 4.93. The molecule has 1 heterocycles. The molecule has 1 fully saturated rings. The van der Waals surface area contributed by atoms with Gasteiger partial charge in [0.05, 0.1) is 0 Å².